The zero-order valence-electron chi connectivity index (χ0n) is 12.4. The summed E-state index contributed by atoms with van der Waals surface area (Å²) in [5, 5.41) is 10.2. The van der Waals surface area contributed by atoms with Crippen LogP contribution in [0.15, 0.2) is 18.2 Å². The van der Waals surface area contributed by atoms with Crippen LogP contribution in [0.1, 0.15) is 25.7 Å². The number of ether oxygens (including phenoxy) is 1. The summed E-state index contributed by atoms with van der Waals surface area (Å²) in [5.41, 5.74) is 0. The zero-order valence-corrected chi connectivity index (χ0v) is 13.9. The SMILES string of the molecule is O=C(CCCOc1ccc(Cl)cc1Cl)N1CCCC(CO)C1. The first-order valence-corrected chi connectivity index (χ1v) is 8.32. The van der Waals surface area contributed by atoms with E-state index in [9.17, 15) is 9.90 Å². The van der Waals surface area contributed by atoms with Gasteiger partial charge in [-0.1, -0.05) is 23.2 Å². The Bertz CT molecular complexity index is 510. The molecule has 4 nitrogen and oxygen atoms in total. The van der Waals surface area contributed by atoms with Gasteiger partial charge in [0.25, 0.3) is 0 Å². The highest BCUT2D eigenvalue weighted by atomic mass is 35.5. The smallest absolute Gasteiger partial charge is 0.222 e. The summed E-state index contributed by atoms with van der Waals surface area (Å²) in [4.78, 5) is 14.0. The molecule has 1 heterocycles. The molecule has 0 bridgehead atoms. The lowest BCUT2D eigenvalue weighted by Gasteiger charge is -2.31. The van der Waals surface area contributed by atoms with Gasteiger partial charge < -0.3 is 14.7 Å². The van der Waals surface area contributed by atoms with E-state index in [2.05, 4.69) is 0 Å². The maximum atomic E-state index is 12.1. The lowest BCUT2D eigenvalue weighted by molar-refractivity contribution is -0.133. The largest absolute Gasteiger partial charge is 0.492 e. The van der Waals surface area contributed by atoms with Crippen LogP contribution in [0.5, 0.6) is 5.75 Å². The van der Waals surface area contributed by atoms with Crippen LogP contribution < -0.4 is 4.74 Å². The van der Waals surface area contributed by atoms with Crippen LogP contribution in [0.3, 0.4) is 0 Å². The van der Waals surface area contributed by atoms with Gasteiger partial charge in [-0.05, 0) is 43.4 Å². The fourth-order valence-electron chi connectivity index (χ4n) is 2.60. The van der Waals surface area contributed by atoms with Gasteiger partial charge in [0.1, 0.15) is 5.75 Å². The second-order valence-corrected chi connectivity index (χ2v) is 6.40. The summed E-state index contributed by atoms with van der Waals surface area (Å²) >= 11 is 11.8. The lowest BCUT2D eigenvalue weighted by Crippen LogP contribution is -2.40. The third kappa shape index (κ3) is 5.04. The van der Waals surface area contributed by atoms with Crippen LogP contribution in [0.4, 0.5) is 0 Å². The van der Waals surface area contributed by atoms with E-state index in [0.29, 0.717) is 41.8 Å². The van der Waals surface area contributed by atoms with Crippen LogP contribution in [0, 0.1) is 5.92 Å². The van der Waals surface area contributed by atoms with Gasteiger partial charge in [0.05, 0.1) is 11.6 Å². The molecule has 0 saturated carbocycles. The van der Waals surface area contributed by atoms with Crippen molar-refractivity contribution in [1.29, 1.82) is 0 Å². The number of aliphatic hydroxyl groups is 1. The Balaban J connectivity index is 1.70. The van der Waals surface area contributed by atoms with Gasteiger partial charge in [0, 0.05) is 31.1 Å². The van der Waals surface area contributed by atoms with E-state index in [0.717, 1.165) is 19.4 Å². The highest BCUT2D eigenvalue weighted by molar-refractivity contribution is 6.35. The van der Waals surface area contributed by atoms with Crippen molar-refractivity contribution in [3.05, 3.63) is 28.2 Å². The van der Waals surface area contributed by atoms with Crippen LogP contribution in [-0.4, -0.2) is 42.2 Å². The predicted molar refractivity (Wildman–Crippen MR) is 87.6 cm³/mol. The molecule has 1 atom stereocenters. The fraction of sp³-hybridized carbons (Fsp3) is 0.562. The topological polar surface area (TPSA) is 49.8 Å². The fourth-order valence-corrected chi connectivity index (χ4v) is 3.06. The van der Waals surface area contributed by atoms with Crippen molar-refractivity contribution in [2.45, 2.75) is 25.7 Å². The highest BCUT2D eigenvalue weighted by Gasteiger charge is 2.22. The summed E-state index contributed by atoms with van der Waals surface area (Å²) in [5.74, 6) is 0.933. The Morgan fingerprint density at radius 2 is 2.23 bits per heavy atom. The van der Waals surface area contributed by atoms with Crippen molar-refractivity contribution in [1.82, 2.24) is 4.90 Å². The van der Waals surface area contributed by atoms with Gasteiger partial charge in [-0.15, -0.1) is 0 Å². The van der Waals surface area contributed by atoms with Crippen LogP contribution in [0.2, 0.25) is 10.0 Å². The van der Waals surface area contributed by atoms with Crippen molar-refractivity contribution in [3.8, 4) is 5.75 Å². The van der Waals surface area contributed by atoms with Crippen molar-refractivity contribution in [3.63, 3.8) is 0 Å². The van der Waals surface area contributed by atoms with Crippen LogP contribution >= 0.6 is 23.2 Å². The second-order valence-electron chi connectivity index (χ2n) is 5.56. The van der Waals surface area contributed by atoms with Crippen molar-refractivity contribution < 1.29 is 14.6 Å². The number of piperidine rings is 1. The van der Waals surface area contributed by atoms with E-state index in [1.165, 1.54) is 0 Å². The molecule has 2 rings (SSSR count). The van der Waals surface area contributed by atoms with E-state index in [1.807, 2.05) is 4.90 Å². The molecule has 122 valence electrons. The average Bonchev–Trinajstić information content (AvgIpc) is 2.53. The maximum Gasteiger partial charge on any atom is 0.222 e. The first-order valence-electron chi connectivity index (χ1n) is 7.56. The van der Waals surface area contributed by atoms with Gasteiger partial charge in [0.15, 0.2) is 0 Å². The number of likely N-dealkylation sites (tertiary alicyclic amines) is 1. The zero-order chi connectivity index (χ0) is 15.9. The maximum absolute atomic E-state index is 12.1. The van der Waals surface area contributed by atoms with Crippen LogP contribution in [0.25, 0.3) is 0 Å². The molecule has 6 heteroatoms. The average molecular weight is 346 g/mol. The summed E-state index contributed by atoms with van der Waals surface area (Å²) in [7, 11) is 0. The molecular weight excluding hydrogens is 325 g/mol. The number of hydrogen-bond donors (Lipinski definition) is 1. The minimum atomic E-state index is 0.129. The quantitative estimate of drug-likeness (QED) is 0.804. The number of carbonyl (C=O) groups is 1. The summed E-state index contributed by atoms with van der Waals surface area (Å²) in [6, 6.07) is 5.08. The minimum Gasteiger partial charge on any atom is -0.492 e. The number of nitrogens with zero attached hydrogens (tertiary/aromatic N) is 1. The number of benzene rings is 1. The molecule has 0 aliphatic carbocycles. The predicted octanol–water partition coefficient (Wildman–Crippen LogP) is 3.38. The van der Waals surface area contributed by atoms with E-state index in [1.54, 1.807) is 18.2 Å². The molecule has 1 aromatic rings. The van der Waals surface area contributed by atoms with Crippen molar-refractivity contribution in [2.75, 3.05) is 26.3 Å². The Morgan fingerprint density at radius 3 is 2.95 bits per heavy atom. The first kappa shape index (κ1) is 17.4. The standard InChI is InChI=1S/C16H21Cl2NO3/c17-13-5-6-15(14(18)9-13)22-8-2-4-16(21)19-7-1-3-12(10-19)11-20/h5-6,9,12,20H,1-4,7-8,10-11H2. The first-order chi connectivity index (χ1) is 10.6. The molecule has 22 heavy (non-hydrogen) atoms. The molecule has 1 aliphatic heterocycles. The third-order valence-electron chi connectivity index (χ3n) is 3.82. The van der Waals surface area contributed by atoms with Gasteiger partial charge in [-0.3, -0.25) is 4.79 Å². The Morgan fingerprint density at radius 1 is 1.41 bits per heavy atom. The molecule has 1 unspecified atom stereocenters. The van der Waals surface area contributed by atoms with Crippen molar-refractivity contribution in [2.24, 2.45) is 5.92 Å². The summed E-state index contributed by atoms with van der Waals surface area (Å²) in [6.45, 7) is 2.05. The van der Waals surface area contributed by atoms with Crippen LogP contribution in [-0.2, 0) is 4.79 Å². The molecule has 1 N–H and O–H groups in total. The number of amides is 1. The third-order valence-corrected chi connectivity index (χ3v) is 4.35. The number of halogens is 2. The molecule has 0 aromatic heterocycles. The Kier molecular flexibility index (Phi) is 6.80. The van der Waals surface area contributed by atoms with E-state index in [4.69, 9.17) is 27.9 Å². The lowest BCUT2D eigenvalue weighted by atomic mass is 9.99. The van der Waals surface area contributed by atoms with Gasteiger partial charge in [-0.2, -0.15) is 0 Å². The Labute approximate surface area is 141 Å². The monoisotopic (exact) mass is 345 g/mol. The summed E-state index contributed by atoms with van der Waals surface area (Å²) < 4.78 is 5.57. The van der Waals surface area contributed by atoms with Crippen molar-refractivity contribution >= 4 is 29.1 Å². The number of hydrogen-bond acceptors (Lipinski definition) is 3. The number of rotatable bonds is 6. The molecular formula is C16H21Cl2NO3. The summed E-state index contributed by atoms with van der Waals surface area (Å²) in [6.07, 6.45) is 3.05. The minimum absolute atomic E-state index is 0.129. The molecule has 1 saturated heterocycles. The molecule has 1 aliphatic rings. The second kappa shape index (κ2) is 8.61. The Hall–Kier alpha value is -0.970. The number of aliphatic hydroxyl groups excluding tert-OH is 1. The molecule has 1 amide bonds. The van der Waals surface area contributed by atoms with E-state index >= 15 is 0 Å². The highest BCUT2D eigenvalue weighted by Crippen LogP contribution is 2.27. The normalized spacial score (nSPS) is 18.3. The number of carbonyl (C=O) groups excluding carboxylic acids is 1. The van der Waals surface area contributed by atoms with Gasteiger partial charge >= 0.3 is 0 Å². The van der Waals surface area contributed by atoms with E-state index in [-0.39, 0.29) is 18.4 Å². The molecule has 1 aromatic carbocycles. The van der Waals surface area contributed by atoms with Gasteiger partial charge in [0.2, 0.25) is 5.91 Å². The molecule has 1 fully saturated rings. The molecule has 0 spiro atoms. The van der Waals surface area contributed by atoms with Gasteiger partial charge in [-0.25, -0.2) is 0 Å². The van der Waals surface area contributed by atoms with E-state index < -0.39 is 0 Å². The molecule has 0 radical (unpaired) electrons.